The zero-order valence-electron chi connectivity index (χ0n) is 8.18. The van der Waals surface area contributed by atoms with Gasteiger partial charge >= 0.3 is 0 Å². The van der Waals surface area contributed by atoms with E-state index in [0.29, 0.717) is 13.0 Å². The molecule has 0 bridgehead atoms. The van der Waals surface area contributed by atoms with Crippen molar-refractivity contribution in [2.45, 2.75) is 11.3 Å². The van der Waals surface area contributed by atoms with Crippen LogP contribution in [0.2, 0.25) is 0 Å². The molecular weight excluding hydrogens is 206 g/mol. The minimum absolute atomic E-state index is 0.0492. The Morgan fingerprint density at radius 3 is 2.60 bits per heavy atom. The first-order chi connectivity index (χ1) is 7.20. The van der Waals surface area contributed by atoms with Crippen LogP contribution in [-0.2, 0) is 4.79 Å². The number of carbonyl (C=O) groups excluding carboxylic acids is 1. The van der Waals surface area contributed by atoms with E-state index < -0.39 is 0 Å². The summed E-state index contributed by atoms with van der Waals surface area (Å²) in [6.07, 6.45) is 5.78. The molecule has 3 heteroatoms. The fraction of sp³-hybridized carbons (Fsp3) is 0.250. The van der Waals surface area contributed by atoms with Crippen molar-refractivity contribution in [1.29, 1.82) is 0 Å². The summed E-state index contributed by atoms with van der Waals surface area (Å²) in [6, 6.07) is 7.52. The van der Waals surface area contributed by atoms with Gasteiger partial charge in [0.1, 0.15) is 0 Å². The van der Waals surface area contributed by atoms with Gasteiger partial charge in [-0.15, -0.1) is 25.0 Å². The maximum atomic E-state index is 11.6. The average molecular weight is 217 g/mol. The van der Waals surface area contributed by atoms with E-state index >= 15 is 0 Å². The Balaban J connectivity index is 2.22. The second kappa shape index (κ2) is 4.00. The van der Waals surface area contributed by atoms with Crippen molar-refractivity contribution >= 4 is 24.2 Å². The standard InChI is InChI=1S/C12H11NOS/c1-2-9-7-12(14)13(8-9)10-3-5-11(15)6-4-10/h1,3-6,9,15H,7-8H2. The fourth-order valence-electron chi connectivity index (χ4n) is 1.70. The summed E-state index contributed by atoms with van der Waals surface area (Å²) < 4.78 is 0. The smallest absolute Gasteiger partial charge is 0.228 e. The average Bonchev–Trinajstić information content (AvgIpc) is 2.61. The molecule has 1 fully saturated rings. The number of anilines is 1. The van der Waals surface area contributed by atoms with Gasteiger partial charge in [0.2, 0.25) is 5.91 Å². The van der Waals surface area contributed by atoms with Crippen molar-refractivity contribution in [3.05, 3.63) is 24.3 Å². The number of hydrogen-bond donors (Lipinski definition) is 1. The molecular formula is C12H11NOS. The molecule has 1 aromatic rings. The van der Waals surface area contributed by atoms with Crippen molar-refractivity contribution in [3.63, 3.8) is 0 Å². The molecule has 1 amide bonds. The Morgan fingerprint density at radius 2 is 2.07 bits per heavy atom. The highest BCUT2D eigenvalue weighted by Crippen LogP contribution is 2.25. The lowest BCUT2D eigenvalue weighted by molar-refractivity contribution is -0.117. The quantitative estimate of drug-likeness (QED) is 0.563. The van der Waals surface area contributed by atoms with Gasteiger partial charge in [0.05, 0.1) is 0 Å². The van der Waals surface area contributed by atoms with Crippen LogP contribution < -0.4 is 4.90 Å². The van der Waals surface area contributed by atoms with Crippen molar-refractivity contribution in [1.82, 2.24) is 0 Å². The second-order valence-electron chi connectivity index (χ2n) is 3.59. The Bertz CT molecular complexity index is 418. The molecule has 1 saturated heterocycles. The number of hydrogen-bond acceptors (Lipinski definition) is 2. The molecule has 1 aromatic carbocycles. The Morgan fingerprint density at radius 1 is 1.40 bits per heavy atom. The fourth-order valence-corrected chi connectivity index (χ4v) is 1.85. The molecule has 2 rings (SSSR count). The summed E-state index contributed by atoms with van der Waals surface area (Å²) in [5.41, 5.74) is 0.899. The van der Waals surface area contributed by atoms with Crippen LogP contribution in [0.5, 0.6) is 0 Å². The van der Waals surface area contributed by atoms with E-state index in [1.165, 1.54) is 0 Å². The molecule has 0 spiro atoms. The highest BCUT2D eigenvalue weighted by atomic mass is 32.1. The maximum Gasteiger partial charge on any atom is 0.228 e. The number of amides is 1. The molecule has 0 aromatic heterocycles. The molecule has 1 aliphatic heterocycles. The summed E-state index contributed by atoms with van der Waals surface area (Å²) in [6.45, 7) is 0.626. The zero-order chi connectivity index (χ0) is 10.8. The second-order valence-corrected chi connectivity index (χ2v) is 4.10. The third-order valence-corrected chi connectivity index (χ3v) is 2.82. The minimum atomic E-state index is 0.0492. The van der Waals surface area contributed by atoms with E-state index in [-0.39, 0.29) is 11.8 Å². The van der Waals surface area contributed by atoms with Gasteiger partial charge in [-0.05, 0) is 24.3 Å². The Labute approximate surface area is 94.7 Å². The van der Waals surface area contributed by atoms with Gasteiger partial charge in [-0.2, -0.15) is 0 Å². The molecule has 0 N–H and O–H groups in total. The molecule has 15 heavy (non-hydrogen) atoms. The van der Waals surface area contributed by atoms with E-state index in [1.807, 2.05) is 24.3 Å². The number of rotatable bonds is 1. The van der Waals surface area contributed by atoms with Crippen LogP contribution >= 0.6 is 12.6 Å². The van der Waals surface area contributed by atoms with Gasteiger partial charge in [-0.3, -0.25) is 4.79 Å². The highest BCUT2D eigenvalue weighted by Gasteiger charge is 2.28. The monoisotopic (exact) mass is 217 g/mol. The van der Waals surface area contributed by atoms with Gasteiger partial charge in [0, 0.05) is 29.5 Å². The highest BCUT2D eigenvalue weighted by molar-refractivity contribution is 7.80. The third kappa shape index (κ3) is 2.00. The van der Waals surface area contributed by atoms with Crippen molar-refractivity contribution in [3.8, 4) is 12.3 Å². The van der Waals surface area contributed by atoms with Crippen LogP contribution in [0.15, 0.2) is 29.2 Å². The molecule has 0 aliphatic carbocycles. The first kappa shape index (κ1) is 10.1. The van der Waals surface area contributed by atoms with E-state index in [0.717, 1.165) is 10.6 Å². The third-order valence-electron chi connectivity index (χ3n) is 2.52. The van der Waals surface area contributed by atoms with E-state index in [1.54, 1.807) is 4.90 Å². The SMILES string of the molecule is C#CC1CC(=O)N(c2ccc(S)cc2)C1. The predicted molar refractivity (Wildman–Crippen MR) is 63.0 cm³/mol. The van der Waals surface area contributed by atoms with Crippen molar-refractivity contribution in [2.24, 2.45) is 5.92 Å². The van der Waals surface area contributed by atoms with Gasteiger partial charge < -0.3 is 4.90 Å². The van der Waals surface area contributed by atoms with Crippen LogP contribution in [0.3, 0.4) is 0 Å². The molecule has 1 unspecified atom stereocenters. The number of nitrogens with zero attached hydrogens (tertiary/aromatic N) is 1. The topological polar surface area (TPSA) is 20.3 Å². The summed E-state index contributed by atoms with van der Waals surface area (Å²) in [7, 11) is 0. The predicted octanol–water partition coefficient (Wildman–Crippen LogP) is 1.96. The summed E-state index contributed by atoms with van der Waals surface area (Å²) >= 11 is 4.20. The van der Waals surface area contributed by atoms with Gasteiger partial charge in [0.25, 0.3) is 0 Å². The van der Waals surface area contributed by atoms with Gasteiger partial charge in [-0.25, -0.2) is 0 Å². The van der Waals surface area contributed by atoms with Crippen molar-refractivity contribution in [2.75, 3.05) is 11.4 Å². The number of carbonyl (C=O) groups is 1. The van der Waals surface area contributed by atoms with Crippen LogP contribution in [0.25, 0.3) is 0 Å². The van der Waals surface area contributed by atoms with Crippen LogP contribution in [0, 0.1) is 18.3 Å². The largest absolute Gasteiger partial charge is 0.311 e. The molecule has 1 heterocycles. The van der Waals surface area contributed by atoms with Crippen LogP contribution in [0.4, 0.5) is 5.69 Å². The van der Waals surface area contributed by atoms with Gasteiger partial charge in [0.15, 0.2) is 0 Å². The van der Waals surface area contributed by atoms with Gasteiger partial charge in [-0.1, -0.05) is 0 Å². The lowest BCUT2D eigenvalue weighted by Crippen LogP contribution is -2.24. The Kier molecular flexibility index (Phi) is 2.70. The first-order valence-corrected chi connectivity index (χ1v) is 5.21. The normalized spacial score (nSPS) is 20.4. The molecule has 0 saturated carbocycles. The van der Waals surface area contributed by atoms with E-state index in [2.05, 4.69) is 18.5 Å². The lowest BCUT2D eigenvalue weighted by atomic mass is 10.1. The molecule has 1 aliphatic rings. The summed E-state index contributed by atoms with van der Waals surface area (Å²) in [5, 5.41) is 0. The zero-order valence-corrected chi connectivity index (χ0v) is 9.08. The number of terminal acetylenes is 1. The number of thiol groups is 1. The summed E-state index contributed by atoms with van der Waals surface area (Å²) in [5.74, 6) is 2.78. The van der Waals surface area contributed by atoms with Crippen LogP contribution in [0.1, 0.15) is 6.42 Å². The van der Waals surface area contributed by atoms with E-state index in [9.17, 15) is 4.79 Å². The molecule has 1 atom stereocenters. The van der Waals surface area contributed by atoms with Crippen LogP contribution in [-0.4, -0.2) is 12.5 Å². The lowest BCUT2D eigenvalue weighted by Gasteiger charge is -2.15. The Hall–Kier alpha value is -1.40. The summed E-state index contributed by atoms with van der Waals surface area (Å²) in [4.78, 5) is 14.3. The molecule has 76 valence electrons. The minimum Gasteiger partial charge on any atom is -0.311 e. The number of benzene rings is 1. The first-order valence-electron chi connectivity index (χ1n) is 4.76. The van der Waals surface area contributed by atoms with E-state index in [4.69, 9.17) is 6.42 Å². The molecule has 0 radical (unpaired) electrons. The molecule has 2 nitrogen and oxygen atoms in total. The van der Waals surface area contributed by atoms with Crippen molar-refractivity contribution < 1.29 is 4.79 Å². The maximum absolute atomic E-state index is 11.6.